The van der Waals surface area contributed by atoms with Crippen LogP contribution in [0.5, 0.6) is 23.0 Å². The number of benzene rings is 2. The van der Waals surface area contributed by atoms with Gasteiger partial charge in [-0.1, -0.05) is 26.0 Å². The lowest BCUT2D eigenvalue weighted by molar-refractivity contribution is -0.148. The van der Waals surface area contributed by atoms with E-state index in [2.05, 4.69) is 24.5 Å². The number of esters is 3. The molecule has 2 unspecified atom stereocenters. The molecule has 5 aliphatic rings. The Morgan fingerprint density at radius 3 is 2.05 bits per heavy atom. The Kier molecular flexibility index (Phi) is 13.7. The molecular weight excluding hydrogens is 789 g/mol. The molecule has 15 nitrogen and oxygen atoms in total. The van der Waals surface area contributed by atoms with Crippen molar-refractivity contribution >= 4 is 30.1 Å². The van der Waals surface area contributed by atoms with Gasteiger partial charge in [-0.25, -0.2) is 14.4 Å². The molecule has 4 bridgehead atoms. The van der Waals surface area contributed by atoms with Crippen LogP contribution in [0.2, 0.25) is 0 Å². The van der Waals surface area contributed by atoms with E-state index in [9.17, 15) is 24.0 Å². The number of hydrogen-bond donors (Lipinski definition) is 2. The van der Waals surface area contributed by atoms with Crippen LogP contribution in [0.3, 0.4) is 0 Å². The molecule has 0 spiro atoms. The highest BCUT2D eigenvalue weighted by molar-refractivity contribution is 5.82. The highest BCUT2D eigenvalue weighted by Gasteiger charge is 2.60. The molecule has 5 atom stereocenters. The van der Waals surface area contributed by atoms with Gasteiger partial charge in [0.25, 0.3) is 0 Å². The molecule has 1 aliphatic heterocycles. The second-order valence-electron chi connectivity index (χ2n) is 19.2. The number of carbonyl (C=O) groups is 5. The minimum atomic E-state index is -1.35. The molecule has 334 valence electrons. The summed E-state index contributed by atoms with van der Waals surface area (Å²) in [6.45, 7) is 9.32. The van der Waals surface area contributed by atoms with E-state index in [1.165, 1.54) is 20.0 Å². The number of methoxy groups -OCH3 is 3. The zero-order valence-electron chi connectivity index (χ0n) is 36.8. The summed E-state index contributed by atoms with van der Waals surface area (Å²) >= 11 is 0. The molecule has 7 rings (SSSR count). The van der Waals surface area contributed by atoms with Crippen LogP contribution in [-0.2, 0) is 46.2 Å². The molecule has 2 N–H and O–H groups in total. The average molecular weight is 851 g/mol. The summed E-state index contributed by atoms with van der Waals surface area (Å²) in [5, 5.41) is 5.61. The minimum absolute atomic E-state index is 0.0673. The van der Waals surface area contributed by atoms with E-state index in [-0.39, 0.29) is 53.5 Å². The number of amides is 2. The topological polar surface area (TPSA) is 183 Å². The third-order valence-electron chi connectivity index (χ3n) is 12.3. The molecule has 2 aromatic rings. The van der Waals surface area contributed by atoms with Gasteiger partial charge < -0.3 is 48.5 Å². The van der Waals surface area contributed by atoms with Gasteiger partial charge in [0.15, 0.2) is 29.0 Å². The second kappa shape index (κ2) is 18.4. The van der Waals surface area contributed by atoms with Crippen LogP contribution in [0.15, 0.2) is 36.4 Å². The SMILES string of the molecule is COc1ccc(C[C@H]2COC(=O)[C@@H]2Cc2ccc(OC(=O)CCCOC(=O)[C@H](COC(=O)NC34CC5CC(C)(CC(C)(C5)C3)C4)NC(=O)OC(C)(C)C)c(OC)c2)cc1OC. The van der Waals surface area contributed by atoms with Crippen molar-refractivity contribution in [1.29, 1.82) is 0 Å². The van der Waals surface area contributed by atoms with Gasteiger partial charge in [-0.3, -0.25) is 9.59 Å². The Morgan fingerprint density at radius 2 is 1.43 bits per heavy atom. The van der Waals surface area contributed by atoms with E-state index in [1.54, 1.807) is 53.2 Å². The number of alkyl carbamates (subject to hydrolysis) is 2. The highest BCUT2D eigenvalue weighted by Crippen LogP contribution is 2.66. The number of nitrogens with one attached hydrogen (secondary N) is 2. The van der Waals surface area contributed by atoms with Crippen molar-refractivity contribution in [2.45, 2.75) is 116 Å². The smallest absolute Gasteiger partial charge is 0.408 e. The Hall–Kier alpha value is -5.21. The van der Waals surface area contributed by atoms with Crippen LogP contribution in [0.25, 0.3) is 0 Å². The standard InChI is InChI=1S/C46H62N2O13/c1-43(2,3)61-41(52)47-33(24-59-42(53)48-46-22-30-20-44(4,26-46)25-45(5,21-30)27-46)40(51)57-15-9-10-38(49)60-35-14-12-29(19-37(35)56-8)17-32-31(23-58-39(32)50)16-28-11-13-34(54-6)36(18-28)55-7/h11-14,18-19,30-33H,9-10,15-17,20-27H2,1-8H3,(H,47,52)(H,48,53)/t30?,31-,32+,33-,44?,45?,46?/m0/s1. The molecule has 1 heterocycles. The maximum Gasteiger partial charge on any atom is 0.408 e. The van der Waals surface area contributed by atoms with Crippen LogP contribution >= 0.6 is 0 Å². The fourth-order valence-electron chi connectivity index (χ4n) is 10.8. The fraction of sp³-hybridized carbons (Fsp3) is 0.630. The van der Waals surface area contributed by atoms with Crippen LogP contribution in [0.1, 0.15) is 97.1 Å². The molecule has 4 saturated carbocycles. The maximum absolute atomic E-state index is 13.2. The number of cyclic esters (lactones) is 1. The van der Waals surface area contributed by atoms with Crippen LogP contribution in [-0.4, -0.2) is 88.4 Å². The molecule has 4 aliphatic carbocycles. The Balaban J connectivity index is 0.984. The van der Waals surface area contributed by atoms with E-state index in [1.807, 2.05) is 18.2 Å². The normalized spacial score (nSPS) is 26.7. The summed E-state index contributed by atoms with van der Waals surface area (Å²) in [7, 11) is 4.61. The number of hydrogen-bond acceptors (Lipinski definition) is 13. The third-order valence-corrected chi connectivity index (χ3v) is 12.3. The first kappa shape index (κ1) is 45.3. The van der Waals surface area contributed by atoms with E-state index in [4.69, 9.17) is 37.9 Å². The van der Waals surface area contributed by atoms with Gasteiger partial charge in [-0.05, 0) is 131 Å². The Labute approximate surface area is 358 Å². The van der Waals surface area contributed by atoms with Crippen molar-refractivity contribution in [3.63, 3.8) is 0 Å². The molecule has 1 saturated heterocycles. The van der Waals surface area contributed by atoms with Gasteiger partial charge in [0, 0.05) is 17.9 Å². The monoisotopic (exact) mass is 850 g/mol. The van der Waals surface area contributed by atoms with Crippen LogP contribution in [0, 0.1) is 28.6 Å². The second-order valence-corrected chi connectivity index (χ2v) is 19.2. The lowest BCUT2D eigenvalue weighted by Gasteiger charge is -2.65. The zero-order chi connectivity index (χ0) is 44.2. The first-order valence-electron chi connectivity index (χ1n) is 21.2. The molecule has 5 fully saturated rings. The highest BCUT2D eigenvalue weighted by atomic mass is 16.6. The maximum atomic E-state index is 13.2. The van der Waals surface area contributed by atoms with E-state index < -0.39 is 48.3 Å². The number of ether oxygens (including phenoxy) is 8. The number of rotatable bonds is 17. The lowest BCUT2D eigenvalue weighted by atomic mass is 9.43. The first-order chi connectivity index (χ1) is 28.8. The van der Waals surface area contributed by atoms with E-state index >= 15 is 0 Å². The summed E-state index contributed by atoms with van der Waals surface area (Å²) < 4.78 is 43.7. The summed E-state index contributed by atoms with van der Waals surface area (Å²) in [6.07, 6.45) is 5.62. The molecule has 61 heavy (non-hydrogen) atoms. The van der Waals surface area contributed by atoms with Crippen molar-refractivity contribution in [3.05, 3.63) is 47.5 Å². The van der Waals surface area contributed by atoms with E-state index in [0.29, 0.717) is 42.6 Å². The van der Waals surface area contributed by atoms with Crippen molar-refractivity contribution < 1.29 is 61.9 Å². The van der Waals surface area contributed by atoms with Crippen molar-refractivity contribution in [1.82, 2.24) is 10.6 Å². The molecule has 0 radical (unpaired) electrons. The predicted molar refractivity (Wildman–Crippen MR) is 221 cm³/mol. The van der Waals surface area contributed by atoms with Crippen LogP contribution < -0.4 is 29.6 Å². The predicted octanol–water partition coefficient (Wildman–Crippen LogP) is 6.88. The molecule has 2 aromatic carbocycles. The van der Waals surface area contributed by atoms with Crippen molar-refractivity contribution in [2.75, 3.05) is 41.2 Å². The Morgan fingerprint density at radius 1 is 0.803 bits per heavy atom. The van der Waals surface area contributed by atoms with Crippen molar-refractivity contribution in [3.8, 4) is 23.0 Å². The Bertz CT molecular complexity index is 1940. The van der Waals surface area contributed by atoms with Crippen molar-refractivity contribution in [2.24, 2.45) is 28.6 Å². The molecule has 0 aromatic heterocycles. The summed E-state index contributed by atoms with van der Waals surface area (Å²) in [5.41, 5.74) is 0.927. The quantitative estimate of drug-likeness (QED) is 0.0728. The van der Waals surface area contributed by atoms with Gasteiger partial charge >= 0.3 is 30.1 Å². The number of carbonyl (C=O) groups excluding carboxylic acids is 5. The molecule has 2 amide bonds. The van der Waals surface area contributed by atoms with Gasteiger partial charge in [-0.15, -0.1) is 0 Å². The van der Waals surface area contributed by atoms with Gasteiger partial charge in [0.05, 0.1) is 40.5 Å². The molecule has 15 heteroatoms. The first-order valence-corrected chi connectivity index (χ1v) is 21.2. The largest absolute Gasteiger partial charge is 0.493 e. The average Bonchev–Trinajstić information content (AvgIpc) is 3.50. The zero-order valence-corrected chi connectivity index (χ0v) is 36.8. The van der Waals surface area contributed by atoms with Gasteiger partial charge in [0.1, 0.15) is 12.2 Å². The third kappa shape index (κ3) is 11.6. The van der Waals surface area contributed by atoms with Gasteiger partial charge in [-0.2, -0.15) is 0 Å². The fourth-order valence-corrected chi connectivity index (χ4v) is 10.8. The summed E-state index contributed by atoms with van der Waals surface area (Å²) in [5.74, 6) is 0.108. The van der Waals surface area contributed by atoms with Gasteiger partial charge in [0.2, 0.25) is 0 Å². The molecular formula is C46H62N2O13. The van der Waals surface area contributed by atoms with Crippen LogP contribution in [0.4, 0.5) is 9.59 Å². The summed E-state index contributed by atoms with van der Waals surface area (Å²) in [6, 6.07) is 9.44. The van der Waals surface area contributed by atoms with E-state index in [0.717, 1.165) is 36.8 Å². The lowest BCUT2D eigenvalue weighted by Crippen LogP contribution is -2.65. The summed E-state index contributed by atoms with van der Waals surface area (Å²) in [4.78, 5) is 64.8. The minimum Gasteiger partial charge on any atom is -0.493 e.